The van der Waals surface area contributed by atoms with Crippen LogP contribution in [0.25, 0.3) is 0 Å². The molecule has 1 aliphatic heterocycles. The zero-order valence-electron chi connectivity index (χ0n) is 13.5. The Morgan fingerprint density at radius 1 is 1.19 bits per heavy atom. The number of likely N-dealkylation sites (tertiary alicyclic amines) is 1. The number of nitrogens with zero attached hydrogens (tertiary/aromatic N) is 2. The van der Waals surface area contributed by atoms with Crippen molar-refractivity contribution in [3.63, 3.8) is 0 Å². The van der Waals surface area contributed by atoms with Crippen molar-refractivity contribution in [1.82, 2.24) is 9.80 Å². The molecule has 5 heteroatoms. The van der Waals surface area contributed by atoms with Crippen LogP contribution in [-0.2, 0) is 4.79 Å². The molecular formula is C16H28N2O3. The smallest absolute Gasteiger partial charge is 0.323 e. The van der Waals surface area contributed by atoms with E-state index in [0.717, 1.165) is 45.2 Å². The number of carboxylic acid groups (broad SMARTS) is 1. The van der Waals surface area contributed by atoms with Gasteiger partial charge in [-0.05, 0) is 30.6 Å². The van der Waals surface area contributed by atoms with Crippen LogP contribution in [0.1, 0.15) is 52.9 Å². The monoisotopic (exact) mass is 296 g/mol. The van der Waals surface area contributed by atoms with Gasteiger partial charge in [0, 0.05) is 19.1 Å². The van der Waals surface area contributed by atoms with E-state index in [-0.39, 0.29) is 24.0 Å². The van der Waals surface area contributed by atoms with Crippen LogP contribution in [0.4, 0.5) is 4.79 Å². The van der Waals surface area contributed by atoms with Crippen molar-refractivity contribution >= 4 is 12.0 Å². The maximum Gasteiger partial charge on any atom is 0.323 e. The molecule has 0 aromatic rings. The van der Waals surface area contributed by atoms with Gasteiger partial charge in [-0.1, -0.05) is 33.6 Å². The minimum atomic E-state index is -0.915. The largest absolute Gasteiger partial charge is 0.480 e. The van der Waals surface area contributed by atoms with Crippen molar-refractivity contribution in [1.29, 1.82) is 0 Å². The Morgan fingerprint density at radius 2 is 1.81 bits per heavy atom. The Hall–Kier alpha value is -1.26. The molecule has 1 atom stereocenters. The van der Waals surface area contributed by atoms with Crippen LogP contribution in [0.15, 0.2) is 0 Å². The third kappa shape index (κ3) is 3.89. The summed E-state index contributed by atoms with van der Waals surface area (Å²) in [5.41, 5.74) is 0.194. The second kappa shape index (κ2) is 6.24. The van der Waals surface area contributed by atoms with Gasteiger partial charge >= 0.3 is 12.0 Å². The number of carbonyl (C=O) groups excluding carboxylic acids is 1. The van der Waals surface area contributed by atoms with Gasteiger partial charge in [-0.25, -0.2) is 4.79 Å². The van der Waals surface area contributed by atoms with Crippen LogP contribution in [0.2, 0.25) is 0 Å². The lowest BCUT2D eigenvalue weighted by Gasteiger charge is -2.32. The van der Waals surface area contributed by atoms with Gasteiger partial charge in [-0.15, -0.1) is 0 Å². The lowest BCUT2D eigenvalue weighted by molar-refractivity contribution is -0.138. The Balaban J connectivity index is 2.03. The van der Waals surface area contributed by atoms with Gasteiger partial charge < -0.3 is 14.9 Å². The van der Waals surface area contributed by atoms with E-state index in [1.807, 2.05) is 4.90 Å². The number of carbonyl (C=O) groups is 2. The summed E-state index contributed by atoms with van der Waals surface area (Å²) in [5.74, 6) is -0.418. The third-order valence-electron chi connectivity index (χ3n) is 5.00. The van der Waals surface area contributed by atoms with E-state index >= 15 is 0 Å². The summed E-state index contributed by atoms with van der Waals surface area (Å²) in [6, 6.07) is 0.0401. The number of hydrogen-bond donors (Lipinski definition) is 1. The minimum absolute atomic E-state index is 0.0731. The van der Waals surface area contributed by atoms with Crippen LogP contribution in [-0.4, -0.2) is 52.6 Å². The molecule has 2 fully saturated rings. The van der Waals surface area contributed by atoms with Gasteiger partial charge in [-0.2, -0.15) is 0 Å². The first kappa shape index (κ1) is 16.1. The number of aliphatic carboxylic acids is 1. The van der Waals surface area contributed by atoms with E-state index < -0.39 is 5.97 Å². The fourth-order valence-corrected chi connectivity index (χ4v) is 3.54. The molecule has 0 radical (unpaired) electrons. The zero-order valence-corrected chi connectivity index (χ0v) is 13.5. The highest BCUT2D eigenvalue weighted by Crippen LogP contribution is 2.34. The Morgan fingerprint density at radius 3 is 2.29 bits per heavy atom. The molecular weight excluding hydrogens is 268 g/mol. The molecule has 1 saturated carbocycles. The van der Waals surface area contributed by atoms with Crippen molar-refractivity contribution < 1.29 is 14.7 Å². The van der Waals surface area contributed by atoms with Crippen molar-refractivity contribution in [2.45, 2.75) is 58.9 Å². The molecule has 1 N–H and O–H groups in total. The highest BCUT2D eigenvalue weighted by atomic mass is 16.4. The molecule has 2 rings (SSSR count). The fourth-order valence-electron chi connectivity index (χ4n) is 3.54. The average Bonchev–Trinajstić information content (AvgIpc) is 3.04. The predicted octanol–water partition coefficient (Wildman–Crippen LogP) is 2.80. The van der Waals surface area contributed by atoms with E-state index in [1.165, 1.54) is 0 Å². The highest BCUT2D eigenvalue weighted by molar-refractivity contribution is 5.80. The van der Waals surface area contributed by atoms with Crippen LogP contribution in [0.5, 0.6) is 0 Å². The van der Waals surface area contributed by atoms with Crippen molar-refractivity contribution in [3.8, 4) is 0 Å². The van der Waals surface area contributed by atoms with Gasteiger partial charge in [0.05, 0.1) is 0 Å². The summed E-state index contributed by atoms with van der Waals surface area (Å²) in [7, 11) is 0. The van der Waals surface area contributed by atoms with Crippen LogP contribution in [0.3, 0.4) is 0 Å². The van der Waals surface area contributed by atoms with E-state index in [9.17, 15) is 9.59 Å². The lowest BCUT2D eigenvalue weighted by atomic mass is 9.80. The number of hydrogen-bond acceptors (Lipinski definition) is 2. The number of urea groups is 1. The zero-order chi connectivity index (χ0) is 15.6. The molecule has 0 aromatic heterocycles. The maximum atomic E-state index is 12.7. The molecule has 0 spiro atoms. The fraction of sp³-hybridized carbons (Fsp3) is 0.875. The second-order valence-corrected chi connectivity index (χ2v) is 7.54. The highest BCUT2D eigenvalue weighted by Gasteiger charge is 2.37. The van der Waals surface area contributed by atoms with Gasteiger partial charge in [-0.3, -0.25) is 4.79 Å². The first-order valence-corrected chi connectivity index (χ1v) is 8.06. The summed E-state index contributed by atoms with van der Waals surface area (Å²) in [6.07, 6.45) is 5.09. The molecule has 21 heavy (non-hydrogen) atoms. The van der Waals surface area contributed by atoms with Crippen molar-refractivity contribution in [2.75, 3.05) is 19.6 Å². The lowest BCUT2D eigenvalue weighted by Crippen LogP contribution is -2.49. The summed E-state index contributed by atoms with van der Waals surface area (Å²) >= 11 is 0. The predicted molar refractivity (Wildman–Crippen MR) is 81.1 cm³/mol. The van der Waals surface area contributed by atoms with Gasteiger partial charge in [0.1, 0.15) is 6.54 Å². The topological polar surface area (TPSA) is 60.9 Å². The minimum Gasteiger partial charge on any atom is -0.480 e. The quantitative estimate of drug-likeness (QED) is 0.871. The summed E-state index contributed by atoms with van der Waals surface area (Å²) in [4.78, 5) is 27.3. The number of amides is 2. The van der Waals surface area contributed by atoms with Crippen LogP contribution >= 0.6 is 0 Å². The Labute approximate surface area is 127 Å². The summed E-state index contributed by atoms with van der Waals surface area (Å²) < 4.78 is 0. The number of rotatable bonds is 3. The van der Waals surface area contributed by atoms with E-state index in [1.54, 1.807) is 4.90 Å². The SMILES string of the molecule is CC(C)(C)C1CCN(C(=O)N(CC(=O)O)C2CCCC2)C1. The molecule has 1 unspecified atom stereocenters. The van der Waals surface area contributed by atoms with E-state index in [2.05, 4.69) is 20.8 Å². The standard InChI is InChI=1S/C16H28N2O3/c1-16(2,3)12-8-9-17(10-12)15(21)18(11-14(19)20)13-6-4-5-7-13/h12-13H,4-11H2,1-3H3,(H,19,20). The number of carboxylic acids is 1. The first-order chi connectivity index (χ1) is 9.79. The summed E-state index contributed by atoms with van der Waals surface area (Å²) in [6.45, 7) is 7.96. The molecule has 2 aliphatic rings. The Kier molecular flexibility index (Phi) is 4.79. The van der Waals surface area contributed by atoms with Gasteiger partial charge in [0.2, 0.25) is 0 Å². The molecule has 0 aromatic carbocycles. The maximum absolute atomic E-state index is 12.7. The van der Waals surface area contributed by atoms with Crippen LogP contribution in [0, 0.1) is 11.3 Å². The molecule has 120 valence electrons. The molecule has 5 nitrogen and oxygen atoms in total. The van der Waals surface area contributed by atoms with Crippen molar-refractivity contribution in [3.05, 3.63) is 0 Å². The average molecular weight is 296 g/mol. The van der Waals surface area contributed by atoms with Gasteiger partial charge in [0.15, 0.2) is 0 Å². The molecule has 1 heterocycles. The summed E-state index contributed by atoms with van der Waals surface area (Å²) in [5, 5.41) is 9.10. The van der Waals surface area contributed by atoms with Crippen molar-refractivity contribution in [2.24, 2.45) is 11.3 Å². The van der Waals surface area contributed by atoms with Gasteiger partial charge in [0.25, 0.3) is 0 Å². The first-order valence-electron chi connectivity index (χ1n) is 8.06. The second-order valence-electron chi connectivity index (χ2n) is 7.54. The molecule has 2 amide bonds. The van der Waals surface area contributed by atoms with E-state index in [4.69, 9.17) is 5.11 Å². The normalized spacial score (nSPS) is 23.6. The van der Waals surface area contributed by atoms with E-state index in [0.29, 0.717) is 5.92 Å². The van der Waals surface area contributed by atoms with Crippen LogP contribution < -0.4 is 0 Å². The third-order valence-corrected chi connectivity index (χ3v) is 5.00. The molecule has 1 saturated heterocycles. The molecule has 0 bridgehead atoms. The Bertz CT molecular complexity index is 397. The molecule has 1 aliphatic carbocycles.